The maximum atomic E-state index is 13.2. The summed E-state index contributed by atoms with van der Waals surface area (Å²) in [6.45, 7) is 6.04. The summed E-state index contributed by atoms with van der Waals surface area (Å²) >= 11 is 1.22. The molecule has 1 atom stereocenters. The Morgan fingerprint density at radius 1 is 1.22 bits per heavy atom. The minimum atomic E-state index is -0.998. The van der Waals surface area contributed by atoms with Gasteiger partial charge in [0, 0.05) is 16.5 Å². The van der Waals surface area contributed by atoms with Crippen LogP contribution in [0.4, 0.5) is 5.69 Å². The molecular weight excluding hydrogens is 358 g/mol. The largest absolute Gasteiger partial charge is 0.477 e. The quantitative estimate of drug-likeness (QED) is 0.731. The molecule has 0 unspecified atom stereocenters. The number of amides is 1. The lowest BCUT2D eigenvalue weighted by Gasteiger charge is -2.29. The molecule has 0 saturated heterocycles. The first kappa shape index (κ1) is 19.4. The van der Waals surface area contributed by atoms with Crippen molar-refractivity contribution in [1.29, 1.82) is 0 Å². The van der Waals surface area contributed by atoms with Crippen LogP contribution in [0.1, 0.15) is 49.7 Å². The number of carboxylic acids is 1. The number of aromatic carboxylic acids is 1. The highest BCUT2D eigenvalue weighted by Crippen LogP contribution is 2.39. The van der Waals surface area contributed by atoms with Crippen molar-refractivity contribution in [2.24, 2.45) is 5.92 Å². The predicted molar refractivity (Wildman–Crippen MR) is 110 cm³/mol. The van der Waals surface area contributed by atoms with Gasteiger partial charge in [0.05, 0.1) is 5.69 Å². The van der Waals surface area contributed by atoms with E-state index >= 15 is 0 Å². The lowest BCUT2D eigenvalue weighted by atomic mass is 9.90. The molecular formula is C22H25NO3S. The molecule has 0 radical (unpaired) electrons. The van der Waals surface area contributed by atoms with E-state index in [9.17, 15) is 14.7 Å². The molecule has 1 aromatic heterocycles. The molecule has 0 aliphatic heterocycles. The predicted octanol–water partition coefficient (Wildman–Crippen LogP) is 5.60. The summed E-state index contributed by atoms with van der Waals surface area (Å²) in [7, 11) is 0. The number of nitrogens with zero attached hydrogens (tertiary/aromatic N) is 1. The van der Waals surface area contributed by atoms with E-state index in [1.54, 1.807) is 4.90 Å². The summed E-state index contributed by atoms with van der Waals surface area (Å²) in [4.78, 5) is 27.8. The summed E-state index contributed by atoms with van der Waals surface area (Å²) in [5.74, 6) is -0.479. The van der Waals surface area contributed by atoms with E-state index < -0.39 is 5.97 Å². The first-order valence-electron chi connectivity index (χ1n) is 9.33. The molecule has 1 amide bonds. The normalized spacial score (nSPS) is 16.9. The van der Waals surface area contributed by atoms with Crippen molar-refractivity contribution in [3.8, 4) is 10.4 Å². The fourth-order valence-electron chi connectivity index (χ4n) is 3.39. The number of hydrogen-bond donors (Lipinski definition) is 1. The number of thiophene rings is 1. The van der Waals surface area contributed by atoms with Crippen LogP contribution >= 0.6 is 11.3 Å². The van der Waals surface area contributed by atoms with Crippen molar-refractivity contribution in [2.75, 3.05) is 4.90 Å². The molecule has 0 spiro atoms. The summed E-state index contributed by atoms with van der Waals surface area (Å²) < 4.78 is 0. The van der Waals surface area contributed by atoms with Crippen molar-refractivity contribution < 1.29 is 14.7 Å². The number of carbonyl (C=O) groups excluding carboxylic acids is 1. The molecule has 1 N–H and O–H groups in total. The molecule has 0 saturated carbocycles. The summed E-state index contributed by atoms with van der Waals surface area (Å²) in [6, 6.07) is 11.4. The fraction of sp³-hybridized carbons (Fsp3) is 0.364. The van der Waals surface area contributed by atoms with Gasteiger partial charge in [0.15, 0.2) is 0 Å². The molecule has 5 heteroatoms. The maximum Gasteiger partial charge on any atom is 0.348 e. The van der Waals surface area contributed by atoms with Crippen molar-refractivity contribution in [1.82, 2.24) is 0 Å². The molecule has 1 aliphatic rings. The van der Waals surface area contributed by atoms with Crippen LogP contribution in [-0.4, -0.2) is 23.0 Å². The lowest BCUT2D eigenvalue weighted by molar-refractivity contribution is -0.115. The van der Waals surface area contributed by atoms with Gasteiger partial charge in [0.2, 0.25) is 0 Å². The Kier molecular flexibility index (Phi) is 5.80. The standard InChI is InChI=1S/C22H25NO3S/c1-14(2)23(21(24)17-11-9-15(3)10-12-17)18-13-19(27-20(18)22(25)26)16-7-5-4-6-8-16/h4-8,11,13-15H,9-10,12H2,1-3H3,(H,25,26)/t15-/m1/s1. The van der Waals surface area contributed by atoms with Crippen LogP contribution in [0.25, 0.3) is 10.4 Å². The summed E-state index contributed by atoms with van der Waals surface area (Å²) in [6.07, 6.45) is 4.67. The van der Waals surface area contributed by atoms with Crippen molar-refractivity contribution >= 4 is 28.9 Å². The van der Waals surface area contributed by atoms with Crippen LogP contribution in [0.15, 0.2) is 48.0 Å². The van der Waals surface area contributed by atoms with Crippen LogP contribution in [0.2, 0.25) is 0 Å². The van der Waals surface area contributed by atoms with Gasteiger partial charge in [-0.1, -0.05) is 43.3 Å². The highest BCUT2D eigenvalue weighted by atomic mass is 32.1. The monoisotopic (exact) mass is 383 g/mol. The SMILES string of the molecule is CC(C)N(C(=O)C1=CC[C@@H](C)CC1)c1cc(-c2ccccc2)sc1C(=O)O. The average Bonchev–Trinajstić information content (AvgIpc) is 3.08. The zero-order valence-electron chi connectivity index (χ0n) is 15.9. The fourth-order valence-corrected chi connectivity index (χ4v) is 4.39. The first-order valence-corrected chi connectivity index (χ1v) is 10.1. The van der Waals surface area contributed by atoms with Gasteiger partial charge in [-0.3, -0.25) is 4.79 Å². The van der Waals surface area contributed by atoms with Gasteiger partial charge in [-0.2, -0.15) is 0 Å². The number of carboxylic acid groups (broad SMARTS) is 1. The second kappa shape index (κ2) is 8.09. The molecule has 0 bridgehead atoms. The van der Waals surface area contributed by atoms with E-state index in [-0.39, 0.29) is 16.8 Å². The van der Waals surface area contributed by atoms with Gasteiger partial charge in [0.1, 0.15) is 4.88 Å². The Morgan fingerprint density at radius 3 is 2.48 bits per heavy atom. The second-order valence-corrected chi connectivity index (χ2v) is 8.43. The third-order valence-corrected chi connectivity index (χ3v) is 6.07. The van der Waals surface area contributed by atoms with E-state index in [0.29, 0.717) is 11.6 Å². The highest BCUT2D eigenvalue weighted by Gasteiger charge is 2.30. The number of rotatable bonds is 5. The Labute approximate surface area is 164 Å². The summed E-state index contributed by atoms with van der Waals surface area (Å²) in [5, 5.41) is 9.74. The van der Waals surface area contributed by atoms with E-state index in [1.807, 2.05) is 56.3 Å². The van der Waals surface area contributed by atoms with E-state index in [1.165, 1.54) is 11.3 Å². The van der Waals surface area contributed by atoms with Crippen molar-refractivity contribution in [2.45, 2.75) is 46.1 Å². The molecule has 1 aromatic carbocycles. The lowest BCUT2D eigenvalue weighted by Crippen LogP contribution is -2.39. The molecule has 142 valence electrons. The minimum absolute atomic E-state index is 0.0724. The summed E-state index contributed by atoms with van der Waals surface area (Å²) in [5.41, 5.74) is 2.24. The van der Waals surface area contributed by atoms with Crippen LogP contribution in [-0.2, 0) is 4.79 Å². The van der Waals surface area contributed by atoms with Crippen LogP contribution in [0, 0.1) is 5.92 Å². The van der Waals surface area contributed by atoms with Gasteiger partial charge < -0.3 is 10.0 Å². The number of benzene rings is 1. The molecule has 3 rings (SSSR count). The van der Waals surface area contributed by atoms with Crippen LogP contribution in [0.5, 0.6) is 0 Å². The third-order valence-electron chi connectivity index (χ3n) is 4.91. The van der Waals surface area contributed by atoms with E-state index in [0.717, 1.165) is 35.3 Å². The zero-order valence-corrected chi connectivity index (χ0v) is 16.8. The third kappa shape index (κ3) is 4.14. The van der Waals surface area contributed by atoms with Gasteiger partial charge >= 0.3 is 5.97 Å². The van der Waals surface area contributed by atoms with Gasteiger partial charge in [-0.15, -0.1) is 11.3 Å². The van der Waals surface area contributed by atoms with Gasteiger partial charge in [-0.25, -0.2) is 4.79 Å². The molecule has 27 heavy (non-hydrogen) atoms. The minimum Gasteiger partial charge on any atom is -0.477 e. The highest BCUT2D eigenvalue weighted by molar-refractivity contribution is 7.18. The molecule has 4 nitrogen and oxygen atoms in total. The number of allylic oxidation sites excluding steroid dienone is 1. The molecule has 1 aliphatic carbocycles. The van der Waals surface area contributed by atoms with Crippen molar-refractivity contribution in [3.63, 3.8) is 0 Å². The average molecular weight is 384 g/mol. The molecule has 2 aromatic rings. The second-order valence-electron chi connectivity index (χ2n) is 7.37. The number of anilines is 1. The number of hydrogen-bond acceptors (Lipinski definition) is 3. The molecule has 0 fully saturated rings. The topological polar surface area (TPSA) is 57.6 Å². The first-order chi connectivity index (χ1) is 12.9. The van der Waals surface area contributed by atoms with Crippen LogP contribution < -0.4 is 4.90 Å². The maximum absolute atomic E-state index is 13.2. The smallest absolute Gasteiger partial charge is 0.348 e. The zero-order chi connectivity index (χ0) is 19.6. The molecule has 1 heterocycles. The van der Waals surface area contributed by atoms with Gasteiger partial charge in [-0.05, 0) is 50.7 Å². The Bertz CT molecular complexity index is 867. The van der Waals surface area contributed by atoms with E-state index in [2.05, 4.69) is 6.92 Å². The Morgan fingerprint density at radius 2 is 1.93 bits per heavy atom. The van der Waals surface area contributed by atoms with Crippen molar-refractivity contribution in [3.05, 3.63) is 52.9 Å². The van der Waals surface area contributed by atoms with E-state index in [4.69, 9.17) is 0 Å². The van der Waals surface area contributed by atoms with Gasteiger partial charge in [0.25, 0.3) is 5.91 Å². The number of carbonyl (C=O) groups is 2. The Hall–Kier alpha value is -2.40. The Balaban J connectivity index is 2.04. The van der Waals surface area contributed by atoms with Crippen LogP contribution in [0.3, 0.4) is 0 Å².